The summed E-state index contributed by atoms with van der Waals surface area (Å²) < 4.78 is 0. The van der Waals surface area contributed by atoms with Crippen molar-refractivity contribution < 1.29 is 14.7 Å². The number of nitrogens with one attached hydrogen (secondary N) is 1. The van der Waals surface area contributed by atoms with Crippen LogP contribution in [0.4, 0.5) is 0 Å². The van der Waals surface area contributed by atoms with Crippen LogP contribution in [0.3, 0.4) is 0 Å². The highest BCUT2D eigenvalue weighted by molar-refractivity contribution is 5.91. The predicted octanol–water partition coefficient (Wildman–Crippen LogP) is 1.53. The van der Waals surface area contributed by atoms with E-state index in [4.69, 9.17) is 5.11 Å². The molecule has 1 aliphatic rings. The number of carboxylic acid groups (broad SMARTS) is 1. The predicted molar refractivity (Wildman–Crippen MR) is 80.4 cm³/mol. The van der Waals surface area contributed by atoms with E-state index in [2.05, 4.69) is 10.2 Å². The molecule has 0 aromatic heterocycles. The first kappa shape index (κ1) is 15.5. The van der Waals surface area contributed by atoms with E-state index in [1.54, 1.807) is 18.2 Å². The van der Waals surface area contributed by atoms with Crippen molar-refractivity contribution in [3.8, 4) is 0 Å². The van der Waals surface area contributed by atoms with Crippen LogP contribution in [0.15, 0.2) is 24.3 Å². The van der Waals surface area contributed by atoms with E-state index in [1.807, 2.05) is 6.92 Å². The summed E-state index contributed by atoms with van der Waals surface area (Å²) in [5.41, 5.74) is 0.746. The smallest absolute Gasteiger partial charge is 0.335 e. The molecule has 0 aliphatic carbocycles. The summed E-state index contributed by atoms with van der Waals surface area (Å²) >= 11 is 0. The normalized spacial score (nSPS) is 16.6. The first-order valence-electron chi connectivity index (χ1n) is 7.39. The maximum Gasteiger partial charge on any atom is 0.335 e. The molecule has 0 spiro atoms. The first-order chi connectivity index (χ1) is 10.1. The molecule has 0 radical (unpaired) electrons. The summed E-state index contributed by atoms with van der Waals surface area (Å²) in [5.74, 6) is -1.13. The quantitative estimate of drug-likeness (QED) is 0.833. The zero-order valence-corrected chi connectivity index (χ0v) is 12.3. The zero-order valence-electron chi connectivity index (χ0n) is 12.3. The summed E-state index contributed by atoms with van der Waals surface area (Å²) in [4.78, 5) is 25.5. The molecule has 2 N–H and O–H groups in total. The lowest BCUT2D eigenvalue weighted by atomic mass is 10.0. The standard InChI is InChI=1S/C16H22N2O3/c1-12(11-18-8-4-5-9-18)17-15(19)10-13-6-2-3-7-14(13)16(20)21/h2-3,6-7,12H,4-5,8-11H2,1H3,(H,17,19)(H,20,21). The summed E-state index contributed by atoms with van der Waals surface area (Å²) in [6.45, 7) is 5.04. The van der Waals surface area contributed by atoms with E-state index in [9.17, 15) is 9.59 Å². The van der Waals surface area contributed by atoms with Gasteiger partial charge in [-0.15, -0.1) is 0 Å². The van der Waals surface area contributed by atoms with Crippen molar-refractivity contribution in [3.63, 3.8) is 0 Å². The molecule has 0 saturated carbocycles. The minimum Gasteiger partial charge on any atom is -0.478 e. The number of carboxylic acids is 1. The molecule has 21 heavy (non-hydrogen) atoms. The van der Waals surface area contributed by atoms with Gasteiger partial charge >= 0.3 is 5.97 Å². The Morgan fingerprint density at radius 1 is 1.29 bits per heavy atom. The van der Waals surface area contributed by atoms with Gasteiger partial charge in [0.25, 0.3) is 0 Å². The largest absolute Gasteiger partial charge is 0.478 e. The molecule has 1 amide bonds. The molecule has 1 unspecified atom stereocenters. The second-order valence-electron chi connectivity index (χ2n) is 5.62. The van der Waals surface area contributed by atoms with Gasteiger partial charge in [0.15, 0.2) is 0 Å². The number of rotatable bonds is 6. The molecule has 0 bridgehead atoms. The molecule has 1 aromatic rings. The fourth-order valence-corrected chi connectivity index (χ4v) is 2.78. The Hall–Kier alpha value is -1.88. The highest BCUT2D eigenvalue weighted by Crippen LogP contribution is 2.10. The Kier molecular flexibility index (Phi) is 5.33. The summed E-state index contributed by atoms with van der Waals surface area (Å²) in [7, 11) is 0. The number of benzene rings is 1. The molecule has 1 fully saturated rings. The Morgan fingerprint density at radius 2 is 1.95 bits per heavy atom. The van der Waals surface area contributed by atoms with Crippen LogP contribution in [0.5, 0.6) is 0 Å². The van der Waals surface area contributed by atoms with Gasteiger partial charge in [-0.2, -0.15) is 0 Å². The summed E-state index contributed by atoms with van der Waals surface area (Å²) in [5, 5.41) is 12.1. The molecule has 114 valence electrons. The molecule has 5 nitrogen and oxygen atoms in total. The van der Waals surface area contributed by atoms with Gasteiger partial charge < -0.3 is 15.3 Å². The van der Waals surface area contributed by atoms with Crippen molar-refractivity contribution >= 4 is 11.9 Å². The van der Waals surface area contributed by atoms with Crippen molar-refractivity contribution in [1.29, 1.82) is 0 Å². The summed E-state index contributed by atoms with van der Waals surface area (Å²) in [6, 6.07) is 6.71. The van der Waals surface area contributed by atoms with Crippen LogP contribution in [-0.2, 0) is 11.2 Å². The van der Waals surface area contributed by atoms with Gasteiger partial charge in [-0.1, -0.05) is 18.2 Å². The van der Waals surface area contributed by atoms with Gasteiger partial charge in [0.2, 0.25) is 5.91 Å². The molecular formula is C16H22N2O3. The van der Waals surface area contributed by atoms with Gasteiger partial charge in [-0.05, 0) is 44.5 Å². The maximum absolute atomic E-state index is 12.0. The van der Waals surface area contributed by atoms with Gasteiger partial charge in [0.05, 0.1) is 12.0 Å². The molecule has 1 aromatic carbocycles. The minimum atomic E-state index is -0.997. The van der Waals surface area contributed by atoms with E-state index in [1.165, 1.54) is 18.9 Å². The van der Waals surface area contributed by atoms with Gasteiger partial charge in [-0.3, -0.25) is 4.79 Å². The van der Waals surface area contributed by atoms with Gasteiger partial charge in [-0.25, -0.2) is 4.79 Å². The van der Waals surface area contributed by atoms with Crippen LogP contribution >= 0.6 is 0 Å². The molecule has 1 saturated heterocycles. The van der Waals surface area contributed by atoms with Crippen molar-refractivity contribution in [2.45, 2.75) is 32.2 Å². The van der Waals surface area contributed by atoms with Crippen molar-refractivity contribution in [1.82, 2.24) is 10.2 Å². The van der Waals surface area contributed by atoms with E-state index < -0.39 is 5.97 Å². The van der Waals surface area contributed by atoms with E-state index in [-0.39, 0.29) is 23.9 Å². The second kappa shape index (κ2) is 7.22. The number of carbonyl (C=O) groups is 2. The van der Waals surface area contributed by atoms with Crippen LogP contribution in [0.25, 0.3) is 0 Å². The van der Waals surface area contributed by atoms with Crippen molar-refractivity contribution in [3.05, 3.63) is 35.4 Å². The topological polar surface area (TPSA) is 69.6 Å². The number of nitrogens with zero attached hydrogens (tertiary/aromatic N) is 1. The molecule has 1 aliphatic heterocycles. The zero-order chi connectivity index (χ0) is 15.2. The van der Waals surface area contributed by atoms with E-state index in [0.29, 0.717) is 5.56 Å². The molecule has 1 atom stereocenters. The number of likely N-dealkylation sites (tertiary alicyclic amines) is 1. The minimum absolute atomic E-state index is 0.0765. The highest BCUT2D eigenvalue weighted by atomic mass is 16.4. The molecular weight excluding hydrogens is 268 g/mol. The van der Waals surface area contributed by atoms with Gasteiger partial charge in [0, 0.05) is 12.6 Å². The first-order valence-corrected chi connectivity index (χ1v) is 7.39. The third-order valence-corrected chi connectivity index (χ3v) is 3.74. The van der Waals surface area contributed by atoms with Crippen molar-refractivity contribution in [2.75, 3.05) is 19.6 Å². The highest BCUT2D eigenvalue weighted by Gasteiger charge is 2.17. The lowest BCUT2D eigenvalue weighted by molar-refractivity contribution is -0.121. The van der Waals surface area contributed by atoms with Crippen LogP contribution in [0.1, 0.15) is 35.7 Å². The monoisotopic (exact) mass is 290 g/mol. The van der Waals surface area contributed by atoms with Crippen molar-refractivity contribution in [2.24, 2.45) is 0 Å². The lowest BCUT2D eigenvalue weighted by Crippen LogP contribution is -2.41. The fraction of sp³-hybridized carbons (Fsp3) is 0.500. The number of amides is 1. The Bertz CT molecular complexity index is 510. The third-order valence-electron chi connectivity index (χ3n) is 3.74. The van der Waals surface area contributed by atoms with Crippen LogP contribution in [0, 0.1) is 0 Å². The van der Waals surface area contributed by atoms with Gasteiger partial charge in [0.1, 0.15) is 0 Å². The fourth-order valence-electron chi connectivity index (χ4n) is 2.78. The van der Waals surface area contributed by atoms with Crippen LogP contribution in [0.2, 0.25) is 0 Å². The lowest BCUT2D eigenvalue weighted by Gasteiger charge is -2.21. The molecule has 2 rings (SSSR count). The number of aromatic carboxylic acids is 1. The molecule has 5 heteroatoms. The Morgan fingerprint density at radius 3 is 2.62 bits per heavy atom. The number of hydrogen-bond acceptors (Lipinski definition) is 3. The van der Waals surface area contributed by atoms with E-state index >= 15 is 0 Å². The Balaban J connectivity index is 1.88. The van der Waals surface area contributed by atoms with Crippen LogP contribution < -0.4 is 5.32 Å². The summed E-state index contributed by atoms with van der Waals surface area (Å²) in [6.07, 6.45) is 2.56. The van der Waals surface area contributed by atoms with E-state index in [0.717, 1.165) is 19.6 Å². The average molecular weight is 290 g/mol. The number of carbonyl (C=O) groups excluding carboxylic acids is 1. The second-order valence-corrected chi connectivity index (χ2v) is 5.62. The Labute approximate surface area is 125 Å². The maximum atomic E-state index is 12.0. The average Bonchev–Trinajstić information content (AvgIpc) is 2.91. The molecule has 1 heterocycles. The SMILES string of the molecule is CC(CN1CCCC1)NC(=O)Cc1ccccc1C(=O)O. The van der Waals surface area contributed by atoms with Crippen LogP contribution in [-0.4, -0.2) is 47.6 Å². The number of hydrogen-bond donors (Lipinski definition) is 2. The third kappa shape index (κ3) is 4.56.